The first-order chi connectivity index (χ1) is 14.8. The number of quaternary nitrogens is 1. The van der Waals surface area contributed by atoms with Gasteiger partial charge in [0.25, 0.3) is 0 Å². The number of ether oxygens (including phenoxy) is 1. The zero-order valence-electron chi connectivity index (χ0n) is 17.9. The summed E-state index contributed by atoms with van der Waals surface area (Å²) in [7, 11) is 1.48. The average molecular weight is 423 g/mol. The van der Waals surface area contributed by atoms with Crippen molar-refractivity contribution in [3.8, 4) is 5.75 Å². The van der Waals surface area contributed by atoms with Crippen LogP contribution in [0, 0.1) is 18.8 Å². The summed E-state index contributed by atoms with van der Waals surface area (Å²) in [6, 6.07) is 13.9. The van der Waals surface area contributed by atoms with Crippen molar-refractivity contribution in [2.45, 2.75) is 31.8 Å². The van der Waals surface area contributed by atoms with Gasteiger partial charge in [-0.2, -0.15) is 0 Å². The zero-order chi connectivity index (χ0) is 22.3. The van der Waals surface area contributed by atoms with Crippen LogP contribution < -0.4 is 5.32 Å². The number of phenols is 1. The van der Waals surface area contributed by atoms with Crippen LogP contribution in [0.2, 0.25) is 0 Å². The fourth-order valence-corrected chi connectivity index (χ4v) is 5.16. The molecule has 4 rings (SSSR count). The van der Waals surface area contributed by atoms with E-state index in [2.05, 4.69) is 0 Å². The maximum atomic E-state index is 13.4. The van der Waals surface area contributed by atoms with Crippen LogP contribution in [0.5, 0.6) is 5.75 Å². The Morgan fingerprint density at radius 1 is 1.13 bits per heavy atom. The highest BCUT2D eigenvalue weighted by atomic mass is 16.5. The number of rotatable bonds is 5. The van der Waals surface area contributed by atoms with Gasteiger partial charge in [-0.3, -0.25) is 14.5 Å². The molecule has 2 heterocycles. The third-order valence-electron chi connectivity index (χ3n) is 6.63. The maximum Gasteiger partial charge on any atom is 0.369 e. The Kier molecular flexibility index (Phi) is 5.31. The van der Waals surface area contributed by atoms with Gasteiger partial charge < -0.3 is 15.2 Å². The molecule has 0 unspecified atom stereocenters. The van der Waals surface area contributed by atoms with Crippen molar-refractivity contribution in [2.75, 3.05) is 13.7 Å². The number of carbonyl (C=O) groups excluding carboxylic acids is 3. The molecule has 2 aromatic rings. The lowest BCUT2D eigenvalue weighted by atomic mass is 9.76. The Morgan fingerprint density at radius 3 is 2.45 bits per heavy atom. The molecular weight excluding hydrogens is 396 g/mol. The van der Waals surface area contributed by atoms with Crippen molar-refractivity contribution in [1.82, 2.24) is 4.90 Å². The smallest absolute Gasteiger partial charge is 0.369 e. The van der Waals surface area contributed by atoms with Gasteiger partial charge in [0, 0.05) is 19.0 Å². The molecule has 2 saturated heterocycles. The highest BCUT2D eigenvalue weighted by Gasteiger charge is 2.72. The summed E-state index contributed by atoms with van der Waals surface area (Å²) in [6.07, 6.45) is 0.211. The molecule has 2 fully saturated rings. The van der Waals surface area contributed by atoms with Crippen molar-refractivity contribution in [1.29, 1.82) is 0 Å². The Balaban J connectivity index is 1.87. The molecule has 0 bridgehead atoms. The van der Waals surface area contributed by atoms with E-state index in [1.165, 1.54) is 7.05 Å². The highest BCUT2D eigenvalue weighted by molar-refractivity contribution is 6.08. The lowest BCUT2D eigenvalue weighted by molar-refractivity contribution is -0.734. The number of imide groups is 1. The second kappa shape index (κ2) is 7.81. The number of benzene rings is 2. The lowest BCUT2D eigenvalue weighted by Gasteiger charge is -2.29. The predicted molar refractivity (Wildman–Crippen MR) is 112 cm³/mol. The van der Waals surface area contributed by atoms with Gasteiger partial charge in [0.15, 0.2) is 0 Å². The van der Waals surface area contributed by atoms with Crippen LogP contribution in [0.4, 0.5) is 0 Å². The molecule has 2 aliphatic heterocycles. The molecule has 7 heteroatoms. The maximum absolute atomic E-state index is 13.4. The number of phenolic OH excluding ortho intramolecular Hbond substituents is 1. The third-order valence-corrected chi connectivity index (χ3v) is 6.63. The topological polar surface area (TPSA) is 101 Å². The van der Waals surface area contributed by atoms with E-state index in [4.69, 9.17) is 4.74 Å². The molecule has 0 aromatic heterocycles. The van der Waals surface area contributed by atoms with Crippen LogP contribution >= 0.6 is 0 Å². The lowest BCUT2D eigenvalue weighted by Crippen LogP contribution is -2.98. The second-order valence-electron chi connectivity index (χ2n) is 8.39. The third kappa shape index (κ3) is 3.29. The van der Waals surface area contributed by atoms with Gasteiger partial charge in [0.1, 0.15) is 23.6 Å². The van der Waals surface area contributed by atoms with Crippen molar-refractivity contribution < 1.29 is 29.5 Å². The number of esters is 1. The molecule has 3 N–H and O–H groups in total. The SMILES string of the molecule is CCOC(=O)[C@]1(Cc2ccc(O)cc2)[NH2+][C@@H](c2ccccc2C)[C@H]2C(=O)N(C)C(=O)[C@@H]21. The summed E-state index contributed by atoms with van der Waals surface area (Å²) in [5.41, 5.74) is 1.44. The molecule has 162 valence electrons. The summed E-state index contributed by atoms with van der Waals surface area (Å²) in [5.74, 6) is -2.48. The summed E-state index contributed by atoms with van der Waals surface area (Å²) in [4.78, 5) is 41.0. The molecule has 0 spiro atoms. The number of aryl methyl sites for hydroxylation is 1. The first-order valence-electron chi connectivity index (χ1n) is 10.5. The van der Waals surface area contributed by atoms with E-state index >= 15 is 0 Å². The summed E-state index contributed by atoms with van der Waals surface area (Å²) in [5, 5.41) is 11.5. The highest BCUT2D eigenvalue weighted by Crippen LogP contribution is 2.45. The van der Waals surface area contributed by atoms with Crippen LogP contribution in [0.25, 0.3) is 0 Å². The molecule has 2 aromatic carbocycles. The van der Waals surface area contributed by atoms with Gasteiger partial charge >= 0.3 is 5.97 Å². The Morgan fingerprint density at radius 2 is 1.81 bits per heavy atom. The Labute approximate surface area is 181 Å². The van der Waals surface area contributed by atoms with E-state index in [0.29, 0.717) is 0 Å². The first kappa shape index (κ1) is 21.1. The number of likely N-dealkylation sites (tertiary alicyclic amines) is 1. The molecule has 0 saturated carbocycles. The van der Waals surface area contributed by atoms with E-state index in [9.17, 15) is 19.5 Å². The standard InChI is InChI=1S/C24H26N2O5/c1-4-31-23(30)24(13-15-9-11-16(27)12-10-15)19-18(21(28)26(3)22(19)29)20(25-24)17-8-6-5-7-14(17)2/h5-12,18-20,25,27H,4,13H2,1-3H3/p+1/t18-,19+,20-,24+/m0/s1. The van der Waals surface area contributed by atoms with Gasteiger partial charge in [0.2, 0.25) is 17.4 Å². The quantitative estimate of drug-likeness (QED) is 0.554. The monoisotopic (exact) mass is 423 g/mol. The number of fused-ring (bicyclic) bond motifs is 1. The molecule has 2 aliphatic rings. The number of hydrogen-bond acceptors (Lipinski definition) is 5. The number of aromatic hydroxyl groups is 1. The van der Waals surface area contributed by atoms with E-state index in [0.717, 1.165) is 21.6 Å². The molecule has 0 radical (unpaired) electrons. The second-order valence-corrected chi connectivity index (χ2v) is 8.39. The van der Waals surface area contributed by atoms with Crippen molar-refractivity contribution in [3.63, 3.8) is 0 Å². The number of nitrogens with zero attached hydrogens (tertiary/aromatic N) is 1. The van der Waals surface area contributed by atoms with Crippen molar-refractivity contribution >= 4 is 17.8 Å². The summed E-state index contributed by atoms with van der Waals surface area (Å²) >= 11 is 0. The minimum atomic E-state index is -1.28. The van der Waals surface area contributed by atoms with E-state index < -0.39 is 23.3 Å². The minimum Gasteiger partial charge on any atom is -0.508 e. The molecule has 0 aliphatic carbocycles. The molecule has 31 heavy (non-hydrogen) atoms. The largest absolute Gasteiger partial charge is 0.508 e. The van der Waals surface area contributed by atoms with Gasteiger partial charge in [-0.15, -0.1) is 0 Å². The van der Waals surface area contributed by atoms with Gasteiger partial charge in [-0.05, 0) is 37.1 Å². The normalized spacial score (nSPS) is 27.5. The summed E-state index contributed by atoms with van der Waals surface area (Å²) in [6.45, 7) is 3.87. The molecule has 7 nitrogen and oxygen atoms in total. The molecular formula is C24H27N2O5+. The van der Waals surface area contributed by atoms with E-state index in [-0.39, 0.29) is 36.6 Å². The van der Waals surface area contributed by atoms with Crippen molar-refractivity contribution in [3.05, 3.63) is 65.2 Å². The van der Waals surface area contributed by atoms with Crippen LogP contribution in [0.1, 0.15) is 29.7 Å². The van der Waals surface area contributed by atoms with Crippen molar-refractivity contribution in [2.24, 2.45) is 11.8 Å². The summed E-state index contributed by atoms with van der Waals surface area (Å²) < 4.78 is 5.46. The minimum absolute atomic E-state index is 0.117. The fraction of sp³-hybridized carbons (Fsp3) is 0.375. The number of amides is 2. The Hall–Kier alpha value is -3.19. The van der Waals surface area contributed by atoms with Gasteiger partial charge in [-0.1, -0.05) is 36.4 Å². The Bertz CT molecular complexity index is 1030. The first-order valence-corrected chi connectivity index (χ1v) is 10.5. The van der Waals surface area contributed by atoms with Gasteiger partial charge in [0.05, 0.1) is 6.61 Å². The van der Waals surface area contributed by atoms with Crippen LogP contribution in [-0.2, 0) is 25.5 Å². The number of carbonyl (C=O) groups is 3. The van der Waals surface area contributed by atoms with Crippen LogP contribution in [0.15, 0.2) is 48.5 Å². The molecule has 2 amide bonds. The van der Waals surface area contributed by atoms with E-state index in [1.54, 1.807) is 31.2 Å². The number of nitrogens with two attached hydrogens (primary N) is 1. The zero-order valence-corrected chi connectivity index (χ0v) is 17.9. The average Bonchev–Trinajstić information content (AvgIpc) is 3.20. The van der Waals surface area contributed by atoms with Crippen LogP contribution in [0.3, 0.4) is 0 Å². The predicted octanol–water partition coefficient (Wildman–Crippen LogP) is 1.09. The van der Waals surface area contributed by atoms with Crippen LogP contribution in [-0.4, -0.2) is 47.0 Å². The van der Waals surface area contributed by atoms with Gasteiger partial charge in [-0.25, -0.2) is 4.79 Å². The fourth-order valence-electron chi connectivity index (χ4n) is 5.16. The van der Waals surface area contributed by atoms with E-state index in [1.807, 2.05) is 36.5 Å². The molecule has 4 atom stereocenters. The number of hydrogen-bond donors (Lipinski definition) is 2.